The molecule has 132 valence electrons. The van der Waals surface area contributed by atoms with E-state index in [1.165, 1.54) is 11.8 Å². The maximum atomic E-state index is 12.2. The number of rotatable bonds is 6. The molecule has 0 aliphatic carbocycles. The molecule has 1 aromatic carbocycles. The lowest BCUT2D eigenvalue weighted by molar-refractivity contribution is -0.131. The molecule has 1 N–H and O–H groups in total. The van der Waals surface area contributed by atoms with Crippen LogP contribution in [0, 0.1) is 0 Å². The molecule has 0 atom stereocenters. The molecule has 1 saturated heterocycles. The lowest BCUT2D eigenvalue weighted by atomic mass is 10.1. The standard InChI is InChI=1S/C19H23N3O3/c23-18(15-20-19(24)17-7-4-14-25-17)22-12-10-21(11-13-22)9-8-16-5-2-1-3-6-16/h1-7,14H,8-13,15H2,(H,20,24). The highest BCUT2D eigenvalue weighted by Crippen LogP contribution is 2.06. The van der Waals surface area contributed by atoms with Gasteiger partial charge in [0.15, 0.2) is 5.76 Å². The lowest BCUT2D eigenvalue weighted by Crippen LogP contribution is -2.51. The van der Waals surface area contributed by atoms with Gasteiger partial charge < -0.3 is 14.6 Å². The fraction of sp³-hybridized carbons (Fsp3) is 0.368. The van der Waals surface area contributed by atoms with Gasteiger partial charge in [-0.05, 0) is 24.1 Å². The van der Waals surface area contributed by atoms with Gasteiger partial charge in [-0.2, -0.15) is 0 Å². The summed E-state index contributed by atoms with van der Waals surface area (Å²) in [6.07, 6.45) is 2.46. The van der Waals surface area contributed by atoms with Gasteiger partial charge in [0.2, 0.25) is 5.91 Å². The Hall–Kier alpha value is -2.60. The summed E-state index contributed by atoms with van der Waals surface area (Å²) in [5, 5.41) is 2.60. The number of furan rings is 1. The molecule has 2 heterocycles. The van der Waals surface area contributed by atoms with Gasteiger partial charge >= 0.3 is 0 Å². The van der Waals surface area contributed by atoms with Crippen LogP contribution in [0.4, 0.5) is 0 Å². The predicted octanol–water partition coefficient (Wildman–Crippen LogP) is 1.40. The van der Waals surface area contributed by atoms with Gasteiger partial charge in [-0.3, -0.25) is 14.5 Å². The summed E-state index contributed by atoms with van der Waals surface area (Å²) in [6, 6.07) is 13.6. The summed E-state index contributed by atoms with van der Waals surface area (Å²) >= 11 is 0. The second-order valence-corrected chi connectivity index (χ2v) is 6.12. The molecule has 2 aromatic rings. The van der Waals surface area contributed by atoms with E-state index in [2.05, 4.69) is 34.5 Å². The van der Waals surface area contributed by atoms with Crippen molar-refractivity contribution in [3.8, 4) is 0 Å². The molecule has 0 radical (unpaired) electrons. The Morgan fingerprint density at radius 1 is 1.00 bits per heavy atom. The van der Waals surface area contributed by atoms with E-state index in [1.54, 1.807) is 17.0 Å². The van der Waals surface area contributed by atoms with E-state index in [0.717, 1.165) is 26.1 Å². The van der Waals surface area contributed by atoms with Crippen LogP contribution in [0.3, 0.4) is 0 Å². The van der Waals surface area contributed by atoms with Crippen LogP contribution >= 0.6 is 0 Å². The molecular formula is C19H23N3O3. The number of piperazine rings is 1. The zero-order chi connectivity index (χ0) is 17.5. The van der Waals surface area contributed by atoms with E-state index < -0.39 is 0 Å². The van der Waals surface area contributed by atoms with Crippen molar-refractivity contribution in [3.63, 3.8) is 0 Å². The van der Waals surface area contributed by atoms with Crippen LogP contribution in [0.15, 0.2) is 53.1 Å². The first-order chi connectivity index (χ1) is 12.2. The van der Waals surface area contributed by atoms with Crippen molar-refractivity contribution in [2.24, 2.45) is 0 Å². The summed E-state index contributed by atoms with van der Waals surface area (Å²) in [4.78, 5) is 28.2. The molecule has 6 nitrogen and oxygen atoms in total. The first-order valence-corrected chi connectivity index (χ1v) is 8.58. The molecule has 25 heavy (non-hydrogen) atoms. The monoisotopic (exact) mass is 341 g/mol. The summed E-state index contributed by atoms with van der Waals surface area (Å²) in [5.74, 6) is -0.194. The molecule has 0 unspecified atom stereocenters. The first-order valence-electron chi connectivity index (χ1n) is 8.58. The maximum Gasteiger partial charge on any atom is 0.287 e. The highest BCUT2D eigenvalue weighted by molar-refractivity contribution is 5.94. The molecule has 6 heteroatoms. The Kier molecular flexibility index (Phi) is 5.85. The van der Waals surface area contributed by atoms with Gasteiger partial charge in [-0.1, -0.05) is 30.3 Å². The highest BCUT2D eigenvalue weighted by atomic mass is 16.3. The SMILES string of the molecule is O=C(NCC(=O)N1CCN(CCc2ccccc2)CC1)c1ccco1. The van der Waals surface area contributed by atoms with E-state index in [9.17, 15) is 9.59 Å². The van der Waals surface area contributed by atoms with Gasteiger partial charge in [0.25, 0.3) is 5.91 Å². The Labute approximate surface area is 147 Å². The van der Waals surface area contributed by atoms with Crippen LogP contribution in [-0.4, -0.2) is 60.9 Å². The second kappa shape index (κ2) is 8.48. The van der Waals surface area contributed by atoms with Gasteiger partial charge in [-0.15, -0.1) is 0 Å². The average molecular weight is 341 g/mol. The minimum atomic E-state index is -0.361. The Balaban J connectivity index is 1.36. The van der Waals surface area contributed by atoms with Crippen molar-refractivity contribution in [2.75, 3.05) is 39.3 Å². The first kappa shape index (κ1) is 17.2. The van der Waals surface area contributed by atoms with Crippen molar-refractivity contribution in [1.82, 2.24) is 15.1 Å². The van der Waals surface area contributed by atoms with E-state index in [-0.39, 0.29) is 24.1 Å². The van der Waals surface area contributed by atoms with E-state index >= 15 is 0 Å². The quantitative estimate of drug-likeness (QED) is 0.862. The zero-order valence-corrected chi connectivity index (χ0v) is 14.2. The topological polar surface area (TPSA) is 65.8 Å². The van der Waals surface area contributed by atoms with Gasteiger partial charge in [0.05, 0.1) is 12.8 Å². The number of hydrogen-bond acceptors (Lipinski definition) is 4. The molecule has 1 fully saturated rings. The Morgan fingerprint density at radius 3 is 2.44 bits per heavy atom. The van der Waals surface area contributed by atoms with Gasteiger partial charge in [0, 0.05) is 32.7 Å². The van der Waals surface area contributed by atoms with E-state index in [0.29, 0.717) is 13.1 Å². The van der Waals surface area contributed by atoms with Crippen molar-refractivity contribution in [1.29, 1.82) is 0 Å². The summed E-state index contributed by atoms with van der Waals surface area (Å²) in [5.41, 5.74) is 1.33. The summed E-state index contributed by atoms with van der Waals surface area (Å²) in [7, 11) is 0. The third-order valence-corrected chi connectivity index (χ3v) is 4.43. The van der Waals surface area contributed by atoms with Crippen LogP contribution in [-0.2, 0) is 11.2 Å². The van der Waals surface area contributed by atoms with E-state index in [4.69, 9.17) is 4.42 Å². The second-order valence-electron chi connectivity index (χ2n) is 6.12. The number of hydrogen-bond donors (Lipinski definition) is 1. The molecule has 2 amide bonds. The number of nitrogens with zero attached hydrogens (tertiary/aromatic N) is 2. The molecule has 3 rings (SSSR count). The minimum absolute atomic E-state index is 0.00352. The third-order valence-electron chi connectivity index (χ3n) is 4.43. The van der Waals surface area contributed by atoms with Crippen LogP contribution in [0.1, 0.15) is 16.1 Å². The number of amides is 2. The van der Waals surface area contributed by atoms with Crippen LogP contribution in [0.25, 0.3) is 0 Å². The molecule has 0 spiro atoms. The summed E-state index contributed by atoms with van der Waals surface area (Å²) < 4.78 is 5.01. The number of benzene rings is 1. The Morgan fingerprint density at radius 2 is 1.76 bits per heavy atom. The maximum absolute atomic E-state index is 12.2. The lowest BCUT2D eigenvalue weighted by Gasteiger charge is -2.34. The predicted molar refractivity (Wildman–Crippen MR) is 94.2 cm³/mol. The van der Waals surface area contributed by atoms with Crippen molar-refractivity contribution in [3.05, 3.63) is 60.1 Å². The van der Waals surface area contributed by atoms with Crippen molar-refractivity contribution in [2.45, 2.75) is 6.42 Å². The normalized spacial score (nSPS) is 15.1. The number of carbonyl (C=O) groups excluding carboxylic acids is 2. The van der Waals surface area contributed by atoms with Gasteiger partial charge in [-0.25, -0.2) is 0 Å². The third kappa shape index (κ3) is 4.93. The zero-order valence-electron chi connectivity index (χ0n) is 14.2. The molecular weight excluding hydrogens is 318 g/mol. The highest BCUT2D eigenvalue weighted by Gasteiger charge is 2.21. The summed E-state index contributed by atoms with van der Waals surface area (Å²) in [6.45, 7) is 4.13. The largest absolute Gasteiger partial charge is 0.459 e. The number of nitrogens with one attached hydrogen (secondary N) is 1. The molecule has 0 saturated carbocycles. The van der Waals surface area contributed by atoms with Gasteiger partial charge in [0.1, 0.15) is 0 Å². The minimum Gasteiger partial charge on any atom is -0.459 e. The molecule has 1 aromatic heterocycles. The molecule has 0 bridgehead atoms. The van der Waals surface area contributed by atoms with E-state index in [1.807, 2.05) is 6.07 Å². The number of carbonyl (C=O) groups is 2. The fourth-order valence-corrected chi connectivity index (χ4v) is 2.92. The molecule has 1 aliphatic rings. The molecule has 1 aliphatic heterocycles. The van der Waals surface area contributed by atoms with Crippen LogP contribution < -0.4 is 5.32 Å². The van der Waals surface area contributed by atoms with Crippen molar-refractivity contribution >= 4 is 11.8 Å². The Bertz CT molecular complexity index is 677. The smallest absolute Gasteiger partial charge is 0.287 e. The van der Waals surface area contributed by atoms with Crippen LogP contribution in [0.2, 0.25) is 0 Å². The fourth-order valence-electron chi connectivity index (χ4n) is 2.92. The average Bonchev–Trinajstić information content (AvgIpc) is 3.20. The van der Waals surface area contributed by atoms with Crippen LogP contribution in [0.5, 0.6) is 0 Å². The van der Waals surface area contributed by atoms with Crippen molar-refractivity contribution < 1.29 is 14.0 Å².